The second-order valence-corrected chi connectivity index (χ2v) is 5.34. The monoisotopic (exact) mass is 313 g/mol. The van der Waals surface area contributed by atoms with E-state index >= 15 is 0 Å². The predicted molar refractivity (Wildman–Crippen MR) is 88.0 cm³/mol. The fraction of sp³-hybridized carbons (Fsp3) is 0.294. The van der Waals surface area contributed by atoms with E-state index in [1.54, 1.807) is 31.5 Å². The fourth-order valence-electron chi connectivity index (χ4n) is 2.08. The zero-order valence-corrected chi connectivity index (χ0v) is 12.9. The van der Waals surface area contributed by atoms with Crippen LogP contribution in [0.4, 0.5) is 11.5 Å². The maximum atomic E-state index is 11.9. The van der Waals surface area contributed by atoms with Crippen LogP contribution in [0.2, 0.25) is 0 Å². The summed E-state index contributed by atoms with van der Waals surface area (Å²) >= 11 is 0. The Balaban J connectivity index is 1.50. The SMILES string of the molecule is COc1ccccc1OCC(=O)Nc1ccc(NC2CC2)cn1. The molecule has 0 aliphatic heterocycles. The molecule has 1 saturated carbocycles. The van der Waals surface area contributed by atoms with E-state index in [0.29, 0.717) is 23.4 Å². The Hall–Kier alpha value is -2.76. The minimum Gasteiger partial charge on any atom is -0.493 e. The van der Waals surface area contributed by atoms with Gasteiger partial charge in [0.1, 0.15) is 5.82 Å². The number of benzene rings is 1. The van der Waals surface area contributed by atoms with E-state index in [1.165, 1.54) is 12.8 Å². The third-order valence-electron chi connectivity index (χ3n) is 3.41. The normalized spacial score (nSPS) is 13.3. The molecule has 1 aromatic carbocycles. The summed E-state index contributed by atoms with van der Waals surface area (Å²) in [7, 11) is 1.56. The highest BCUT2D eigenvalue weighted by Gasteiger charge is 2.20. The van der Waals surface area contributed by atoms with Crippen molar-refractivity contribution in [3.63, 3.8) is 0 Å². The van der Waals surface area contributed by atoms with Crippen molar-refractivity contribution in [2.45, 2.75) is 18.9 Å². The fourth-order valence-corrected chi connectivity index (χ4v) is 2.08. The molecule has 0 bridgehead atoms. The summed E-state index contributed by atoms with van der Waals surface area (Å²) in [6.07, 6.45) is 4.13. The van der Waals surface area contributed by atoms with Gasteiger partial charge in [-0.1, -0.05) is 12.1 Å². The van der Waals surface area contributed by atoms with Crippen LogP contribution in [0.25, 0.3) is 0 Å². The molecule has 2 N–H and O–H groups in total. The molecular formula is C17H19N3O3. The molecule has 0 saturated heterocycles. The topological polar surface area (TPSA) is 72.5 Å². The van der Waals surface area contributed by atoms with Gasteiger partial charge in [-0.05, 0) is 37.1 Å². The number of para-hydroxylation sites is 2. The average molecular weight is 313 g/mol. The van der Waals surface area contributed by atoms with E-state index < -0.39 is 0 Å². The van der Waals surface area contributed by atoms with Gasteiger partial charge in [-0.15, -0.1) is 0 Å². The van der Waals surface area contributed by atoms with Crippen LogP contribution in [0, 0.1) is 0 Å². The van der Waals surface area contributed by atoms with Crippen molar-refractivity contribution in [1.82, 2.24) is 4.98 Å². The summed E-state index contributed by atoms with van der Waals surface area (Å²) in [5.41, 5.74) is 0.968. The number of carbonyl (C=O) groups excluding carboxylic acids is 1. The third kappa shape index (κ3) is 4.35. The highest BCUT2D eigenvalue weighted by atomic mass is 16.5. The first-order valence-corrected chi connectivity index (χ1v) is 7.53. The summed E-state index contributed by atoms with van der Waals surface area (Å²) in [6, 6.07) is 11.4. The summed E-state index contributed by atoms with van der Waals surface area (Å²) in [5, 5.41) is 6.04. The molecule has 0 atom stereocenters. The number of nitrogens with one attached hydrogen (secondary N) is 2. The number of ether oxygens (including phenoxy) is 2. The molecule has 0 radical (unpaired) electrons. The maximum absolute atomic E-state index is 11.9. The minimum atomic E-state index is -0.272. The van der Waals surface area contributed by atoms with Gasteiger partial charge >= 0.3 is 0 Å². The largest absolute Gasteiger partial charge is 0.493 e. The average Bonchev–Trinajstić information content (AvgIpc) is 3.39. The van der Waals surface area contributed by atoms with E-state index in [2.05, 4.69) is 15.6 Å². The number of amides is 1. The lowest BCUT2D eigenvalue weighted by Crippen LogP contribution is -2.21. The number of nitrogens with zero attached hydrogens (tertiary/aromatic N) is 1. The highest BCUT2D eigenvalue weighted by Crippen LogP contribution is 2.26. The minimum absolute atomic E-state index is 0.107. The first-order valence-electron chi connectivity index (χ1n) is 7.53. The molecule has 0 spiro atoms. The second-order valence-electron chi connectivity index (χ2n) is 5.34. The molecule has 23 heavy (non-hydrogen) atoms. The Morgan fingerprint density at radius 1 is 1.22 bits per heavy atom. The smallest absolute Gasteiger partial charge is 0.263 e. The standard InChI is InChI=1S/C17H19N3O3/c1-22-14-4-2-3-5-15(14)23-11-17(21)20-16-9-8-13(10-18-16)19-12-6-7-12/h2-5,8-10,12,19H,6-7,11H2,1H3,(H,18,20,21). The molecule has 1 heterocycles. The summed E-state index contributed by atoms with van der Waals surface area (Å²) in [6.45, 7) is -0.107. The van der Waals surface area contributed by atoms with E-state index in [-0.39, 0.29) is 12.5 Å². The molecule has 2 aromatic rings. The Bertz CT molecular complexity index is 669. The van der Waals surface area contributed by atoms with Crippen LogP contribution >= 0.6 is 0 Å². The van der Waals surface area contributed by atoms with Crippen LogP contribution in [-0.4, -0.2) is 30.6 Å². The Labute approximate surface area is 134 Å². The lowest BCUT2D eigenvalue weighted by Gasteiger charge is -2.10. The van der Waals surface area contributed by atoms with Crippen LogP contribution < -0.4 is 20.1 Å². The molecule has 1 fully saturated rings. The van der Waals surface area contributed by atoms with Crippen molar-refractivity contribution >= 4 is 17.4 Å². The lowest BCUT2D eigenvalue weighted by molar-refractivity contribution is -0.118. The maximum Gasteiger partial charge on any atom is 0.263 e. The lowest BCUT2D eigenvalue weighted by atomic mass is 10.3. The van der Waals surface area contributed by atoms with Gasteiger partial charge in [0.2, 0.25) is 0 Å². The number of rotatable bonds is 7. The van der Waals surface area contributed by atoms with Crippen molar-refractivity contribution in [3.8, 4) is 11.5 Å². The van der Waals surface area contributed by atoms with Crippen molar-refractivity contribution in [1.29, 1.82) is 0 Å². The van der Waals surface area contributed by atoms with Crippen molar-refractivity contribution < 1.29 is 14.3 Å². The first-order chi connectivity index (χ1) is 11.2. The van der Waals surface area contributed by atoms with Gasteiger partial charge < -0.3 is 20.1 Å². The Morgan fingerprint density at radius 3 is 2.65 bits per heavy atom. The van der Waals surface area contributed by atoms with E-state index in [4.69, 9.17) is 9.47 Å². The quantitative estimate of drug-likeness (QED) is 0.822. The highest BCUT2D eigenvalue weighted by molar-refractivity contribution is 5.91. The molecule has 1 aliphatic carbocycles. The molecule has 0 unspecified atom stereocenters. The number of carbonyl (C=O) groups is 1. The van der Waals surface area contributed by atoms with E-state index in [1.807, 2.05) is 18.2 Å². The van der Waals surface area contributed by atoms with Gasteiger partial charge in [0.15, 0.2) is 18.1 Å². The van der Waals surface area contributed by atoms with E-state index in [0.717, 1.165) is 5.69 Å². The third-order valence-corrected chi connectivity index (χ3v) is 3.41. The second kappa shape index (κ2) is 7.00. The van der Waals surface area contributed by atoms with Gasteiger partial charge in [-0.3, -0.25) is 4.79 Å². The first kappa shape index (κ1) is 15.1. The zero-order chi connectivity index (χ0) is 16.1. The number of hydrogen-bond acceptors (Lipinski definition) is 5. The number of pyridine rings is 1. The summed E-state index contributed by atoms with van der Waals surface area (Å²) in [5.74, 6) is 1.35. The van der Waals surface area contributed by atoms with Gasteiger partial charge in [0, 0.05) is 6.04 Å². The summed E-state index contributed by atoms with van der Waals surface area (Å²) in [4.78, 5) is 16.1. The molecule has 1 aliphatic rings. The molecule has 6 nitrogen and oxygen atoms in total. The zero-order valence-electron chi connectivity index (χ0n) is 12.9. The van der Waals surface area contributed by atoms with Gasteiger partial charge in [0.25, 0.3) is 5.91 Å². The van der Waals surface area contributed by atoms with Gasteiger partial charge in [-0.25, -0.2) is 4.98 Å². The van der Waals surface area contributed by atoms with E-state index in [9.17, 15) is 4.79 Å². The number of methoxy groups -OCH3 is 1. The Kier molecular flexibility index (Phi) is 4.61. The van der Waals surface area contributed by atoms with Crippen LogP contribution in [0.1, 0.15) is 12.8 Å². The van der Waals surface area contributed by atoms with Crippen molar-refractivity contribution in [3.05, 3.63) is 42.6 Å². The molecular weight excluding hydrogens is 294 g/mol. The Morgan fingerprint density at radius 2 is 2.00 bits per heavy atom. The molecule has 120 valence electrons. The van der Waals surface area contributed by atoms with Crippen molar-refractivity contribution in [2.75, 3.05) is 24.4 Å². The van der Waals surface area contributed by atoms with Gasteiger partial charge in [-0.2, -0.15) is 0 Å². The molecule has 3 rings (SSSR count). The number of anilines is 2. The molecule has 1 aromatic heterocycles. The summed E-state index contributed by atoms with van der Waals surface area (Å²) < 4.78 is 10.6. The number of aromatic nitrogens is 1. The van der Waals surface area contributed by atoms with Gasteiger partial charge in [0.05, 0.1) is 19.0 Å². The van der Waals surface area contributed by atoms with Crippen LogP contribution in [0.15, 0.2) is 42.6 Å². The number of hydrogen-bond donors (Lipinski definition) is 2. The van der Waals surface area contributed by atoms with Crippen LogP contribution in [0.5, 0.6) is 11.5 Å². The van der Waals surface area contributed by atoms with Crippen LogP contribution in [0.3, 0.4) is 0 Å². The van der Waals surface area contributed by atoms with Crippen LogP contribution in [-0.2, 0) is 4.79 Å². The van der Waals surface area contributed by atoms with Crippen molar-refractivity contribution in [2.24, 2.45) is 0 Å². The molecule has 6 heteroatoms. The molecule has 1 amide bonds. The predicted octanol–water partition coefficient (Wildman–Crippen LogP) is 2.68.